The highest BCUT2D eigenvalue weighted by Crippen LogP contribution is 2.24. The third-order valence-electron chi connectivity index (χ3n) is 3.52. The van der Waals surface area contributed by atoms with Crippen LogP contribution in [-0.4, -0.2) is 24.0 Å². The Hall–Kier alpha value is -0.380. The van der Waals surface area contributed by atoms with E-state index in [0.717, 1.165) is 19.4 Å². The molecule has 0 aliphatic carbocycles. The average Bonchev–Trinajstić information content (AvgIpc) is 2.32. The van der Waals surface area contributed by atoms with E-state index in [2.05, 4.69) is 59.9 Å². The highest BCUT2D eigenvalue weighted by atomic mass is 79.9. The smallest absolute Gasteiger partial charge is 0.0304 e. The Morgan fingerprint density at radius 2 is 2.00 bits per heavy atom. The Labute approximate surface area is 113 Å². The van der Waals surface area contributed by atoms with Crippen molar-refractivity contribution in [1.82, 2.24) is 4.90 Å². The van der Waals surface area contributed by atoms with Gasteiger partial charge in [0.25, 0.3) is 0 Å². The maximum absolute atomic E-state index is 5.93. The number of nitrogens with two attached hydrogens (primary N) is 1. The fourth-order valence-corrected chi connectivity index (χ4v) is 2.47. The zero-order valence-electron chi connectivity index (χ0n) is 11.0. The molecule has 96 valence electrons. The Morgan fingerprint density at radius 1 is 1.35 bits per heavy atom. The maximum Gasteiger partial charge on any atom is 0.0304 e. The molecule has 0 radical (unpaired) electrons. The van der Waals surface area contributed by atoms with Crippen molar-refractivity contribution < 1.29 is 0 Å². The summed E-state index contributed by atoms with van der Waals surface area (Å²) < 4.78 is 1.17. The SMILES string of the molecule is CCCC(C)(CN)N(C)Cc1ccccc1Br. The largest absolute Gasteiger partial charge is 0.329 e. The fourth-order valence-electron chi connectivity index (χ4n) is 2.06. The zero-order chi connectivity index (χ0) is 12.9. The molecule has 0 spiro atoms. The van der Waals surface area contributed by atoms with Crippen molar-refractivity contribution in [2.24, 2.45) is 5.73 Å². The van der Waals surface area contributed by atoms with Crippen LogP contribution in [0.2, 0.25) is 0 Å². The van der Waals surface area contributed by atoms with Gasteiger partial charge >= 0.3 is 0 Å². The van der Waals surface area contributed by atoms with Crippen molar-refractivity contribution in [3.63, 3.8) is 0 Å². The lowest BCUT2D eigenvalue weighted by Gasteiger charge is -2.38. The van der Waals surface area contributed by atoms with E-state index in [9.17, 15) is 0 Å². The average molecular weight is 299 g/mol. The van der Waals surface area contributed by atoms with E-state index in [1.54, 1.807) is 0 Å². The van der Waals surface area contributed by atoms with Crippen LogP contribution in [0.4, 0.5) is 0 Å². The molecule has 0 aliphatic heterocycles. The lowest BCUT2D eigenvalue weighted by atomic mass is 9.94. The van der Waals surface area contributed by atoms with E-state index in [0.29, 0.717) is 6.54 Å². The van der Waals surface area contributed by atoms with Gasteiger partial charge in [-0.2, -0.15) is 0 Å². The summed E-state index contributed by atoms with van der Waals surface area (Å²) >= 11 is 3.59. The number of likely N-dealkylation sites (N-methyl/N-ethyl adjacent to an activating group) is 1. The molecular weight excluding hydrogens is 276 g/mol. The van der Waals surface area contributed by atoms with Gasteiger partial charge in [-0.25, -0.2) is 0 Å². The number of hydrogen-bond donors (Lipinski definition) is 1. The van der Waals surface area contributed by atoms with Crippen LogP contribution in [0.15, 0.2) is 28.7 Å². The van der Waals surface area contributed by atoms with Crippen molar-refractivity contribution in [1.29, 1.82) is 0 Å². The summed E-state index contributed by atoms with van der Waals surface area (Å²) in [7, 11) is 2.15. The van der Waals surface area contributed by atoms with Gasteiger partial charge in [-0.05, 0) is 32.0 Å². The molecule has 3 heteroatoms. The topological polar surface area (TPSA) is 29.3 Å². The highest BCUT2D eigenvalue weighted by Gasteiger charge is 2.26. The van der Waals surface area contributed by atoms with Crippen LogP contribution in [0.3, 0.4) is 0 Å². The molecule has 2 N–H and O–H groups in total. The minimum Gasteiger partial charge on any atom is -0.329 e. The Morgan fingerprint density at radius 3 is 2.53 bits per heavy atom. The number of halogens is 1. The van der Waals surface area contributed by atoms with Crippen molar-refractivity contribution in [3.8, 4) is 0 Å². The van der Waals surface area contributed by atoms with E-state index < -0.39 is 0 Å². The molecular formula is C14H23BrN2. The second-order valence-electron chi connectivity index (χ2n) is 4.90. The molecule has 1 atom stereocenters. The molecule has 1 aromatic carbocycles. The summed E-state index contributed by atoms with van der Waals surface area (Å²) in [6.07, 6.45) is 2.29. The molecule has 17 heavy (non-hydrogen) atoms. The maximum atomic E-state index is 5.93. The van der Waals surface area contributed by atoms with Crippen molar-refractivity contribution in [2.45, 2.75) is 38.8 Å². The minimum atomic E-state index is 0.0873. The fraction of sp³-hybridized carbons (Fsp3) is 0.571. The lowest BCUT2D eigenvalue weighted by Crippen LogP contribution is -2.49. The van der Waals surface area contributed by atoms with Crippen LogP contribution in [-0.2, 0) is 6.54 Å². The third kappa shape index (κ3) is 3.80. The van der Waals surface area contributed by atoms with Crippen molar-refractivity contribution in [3.05, 3.63) is 34.3 Å². The zero-order valence-corrected chi connectivity index (χ0v) is 12.6. The molecule has 1 rings (SSSR count). The molecule has 0 fully saturated rings. The van der Waals surface area contributed by atoms with Gasteiger partial charge in [0, 0.05) is 23.1 Å². The second kappa shape index (κ2) is 6.53. The Bertz CT molecular complexity index is 354. The van der Waals surface area contributed by atoms with E-state index >= 15 is 0 Å². The highest BCUT2D eigenvalue weighted by molar-refractivity contribution is 9.10. The first-order valence-electron chi connectivity index (χ1n) is 6.18. The predicted octanol–water partition coefficient (Wildman–Crippen LogP) is 3.40. The first kappa shape index (κ1) is 14.7. The number of rotatable bonds is 6. The van der Waals surface area contributed by atoms with Gasteiger partial charge in [0.15, 0.2) is 0 Å². The summed E-state index contributed by atoms with van der Waals surface area (Å²) in [6.45, 7) is 6.07. The van der Waals surface area contributed by atoms with Crippen molar-refractivity contribution >= 4 is 15.9 Å². The molecule has 0 saturated heterocycles. The summed E-state index contributed by atoms with van der Waals surface area (Å²) in [4.78, 5) is 2.36. The van der Waals surface area contributed by atoms with Gasteiger partial charge in [0.05, 0.1) is 0 Å². The van der Waals surface area contributed by atoms with Gasteiger partial charge in [-0.1, -0.05) is 47.5 Å². The van der Waals surface area contributed by atoms with E-state index in [1.165, 1.54) is 10.0 Å². The van der Waals surface area contributed by atoms with E-state index in [1.807, 2.05) is 6.07 Å². The molecule has 0 bridgehead atoms. The van der Waals surface area contributed by atoms with Gasteiger partial charge in [-0.3, -0.25) is 4.90 Å². The normalized spacial score (nSPS) is 14.9. The van der Waals surface area contributed by atoms with Gasteiger partial charge in [-0.15, -0.1) is 0 Å². The third-order valence-corrected chi connectivity index (χ3v) is 4.29. The minimum absolute atomic E-state index is 0.0873. The molecule has 0 heterocycles. The molecule has 2 nitrogen and oxygen atoms in total. The number of benzene rings is 1. The second-order valence-corrected chi connectivity index (χ2v) is 5.75. The summed E-state index contributed by atoms with van der Waals surface area (Å²) in [5.74, 6) is 0. The van der Waals surface area contributed by atoms with E-state index in [-0.39, 0.29) is 5.54 Å². The molecule has 1 unspecified atom stereocenters. The van der Waals surface area contributed by atoms with Gasteiger partial charge in [0.1, 0.15) is 0 Å². The number of nitrogens with zero attached hydrogens (tertiary/aromatic N) is 1. The van der Waals surface area contributed by atoms with Gasteiger partial charge in [0.2, 0.25) is 0 Å². The standard InChI is InChI=1S/C14H23BrN2/c1-4-9-14(2,11-16)17(3)10-12-7-5-6-8-13(12)15/h5-8H,4,9-11,16H2,1-3H3. The molecule has 0 amide bonds. The van der Waals surface area contributed by atoms with Crippen LogP contribution in [0.25, 0.3) is 0 Å². The van der Waals surface area contributed by atoms with E-state index in [4.69, 9.17) is 5.73 Å². The molecule has 0 aliphatic rings. The Kier molecular flexibility index (Phi) is 5.63. The lowest BCUT2D eigenvalue weighted by molar-refractivity contribution is 0.125. The molecule has 0 saturated carbocycles. The quantitative estimate of drug-likeness (QED) is 0.872. The van der Waals surface area contributed by atoms with Crippen LogP contribution in [0, 0.1) is 0 Å². The van der Waals surface area contributed by atoms with Crippen LogP contribution in [0.1, 0.15) is 32.3 Å². The molecule has 0 aromatic heterocycles. The van der Waals surface area contributed by atoms with Crippen LogP contribution >= 0.6 is 15.9 Å². The predicted molar refractivity (Wildman–Crippen MR) is 78.0 cm³/mol. The monoisotopic (exact) mass is 298 g/mol. The summed E-state index contributed by atoms with van der Waals surface area (Å²) in [5.41, 5.74) is 7.33. The van der Waals surface area contributed by atoms with Crippen molar-refractivity contribution in [2.75, 3.05) is 13.6 Å². The summed E-state index contributed by atoms with van der Waals surface area (Å²) in [5, 5.41) is 0. The number of hydrogen-bond acceptors (Lipinski definition) is 2. The van der Waals surface area contributed by atoms with Crippen LogP contribution in [0.5, 0.6) is 0 Å². The molecule has 1 aromatic rings. The first-order valence-corrected chi connectivity index (χ1v) is 6.97. The first-order chi connectivity index (χ1) is 8.03. The summed E-state index contributed by atoms with van der Waals surface area (Å²) in [6, 6.07) is 8.36. The van der Waals surface area contributed by atoms with Gasteiger partial charge < -0.3 is 5.73 Å². The Balaban J connectivity index is 2.77. The van der Waals surface area contributed by atoms with Crippen LogP contribution < -0.4 is 5.73 Å².